The third-order valence-corrected chi connectivity index (χ3v) is 1.95. The first-order chi connectivity index (χ1) is 4.29. The van der Waals surface area contributed by atoms with Gasteiger partial charge in [0.25, 0.3) is 0 Å². The molecule has 0 aromatic carbocycles. The summed E-state index contributed by atoms with van der Waals surface area (Å²) in [4.78, 5) is 0. The smallest absolute Gasteiger partial charge is 0.0233 e. The second kappa shape index (κ2) is 3.05. The lowest BCUT2D eigenvalue weighted by Crippen LogP contribution is -1.86. The van der Waals surface area contributed by atoms with E-state index >= 15 is 0 Å². The lowest BCUT2D eigenvalue weighted by atomic mass is 10.1. The highest BCUT2D eigenvalue weighted by Crippen LogP contribution is 2.19. The minimum absolute atomic E-state index is 0.579. The van der Waals surface area contributed by atoms with Crippen LogP contribution in [0, 0.1) is 18.8 Å². The van der Waals surface area contributed by atoms with Gasteiger partial charge in [0.05, 0.1) is 0 Å². The number of rotatable bonds is 0. The molecule has 0 aromatic rings. The molecule has 0 heterocycles. The topological polar surface area (TPSA) is 0 Å². The Labute approximate surface area is 58.0 Å². The maximum Gasteiger partial charge on any atom is -0.0233 e. The van der Waals surface area contributed by atoms with Crippen LogP contribution in [-0.2, 0) is 0 Å². The molecule has 0 heteroatoms. The Bertz CT molecular complexity index is 90.6. The summed E-state index contributed by atoms with van der Waals surface area (Å²) in [6.07, 6.45) is 8.52. The van der Waals surface area contributed by atoms with Gasteiger partial charge in [-0.05, 0) is 31.6 Å². The minimum atomic E-state index is 0.579. The van der Waals surface area contributed by atoms with Gasteiger partial charge < -0.3 is 0 Å². The number of hydrogen-bond acceptors (Lipinski definition) is 0. The molecule has 0 N–H and O–H groups in total. The summed E-state index contributed by atoms with van der Waals surface area (Å²) < 4.78 is 0. The standard InChI is InChI=1S/C9H15/c1-8-4-3-5-9(2)7-6-8/h6-9H,1,3-5H2,2H3. The van der Waals surface area contributed by atoms with E-state index in [1.165, 1.54) is 19.3 Å². The molecule has 9 heavy (non-hydrogen) atoms. The normalized spacial score (nSPS) is 36.2. The van der Waals surface area contributed by atoms with E-state index in [0.29, 0.717) is 5.92 Å². The van der Waals surface area contributed by atoms with Gasteiger partial charge in [0.1, 0.15) is 0 Å². The molecule has 51 valence electrons. The first-order valence-electron chi connectivity index (χ1n) is 3.80. The number of allylic oxidation sites excluding steroid dienone is 2. The van der Waals surface area contributed by atoms with Gasteiger partial charge in [0.2, 0.25) is 0 Å². The maximum atomic E-state index is 4.01. The SMILES string of the molecule is [CH2]C1C=CC(C)CCC1. The van der Waals surface area contributed by atoms with Crippen LogP contribution < -0.4 is 0 Å². The van der Waals surface area contributed by atoms with Crippen LogP contribution in [0.25, 0.3) is 0 Å². The summed E-state index contributed by atoms with van der Waals surface area (Å²) in [6, 6.07) is 0. The highest BCUT2D eigenvalue weighted by Gasteiger charge is 2.05. The van der Waals surface area contributed by atoms with Crippen molar-refractivity contribution in [2.24, 2.45) is 11.8 Å². The zero-order valence-electron chi connectivity index (χ0n) is 6.14. The highest BCUT2D eigenvalue weighted by atomic mass is 14.1. The van der Waals surface area contributed by atoms with Crippen LogP contribution >= 0.6 is 0 Å². The summed E-state index contributed by atoms with van der Waals surface area (Å²) in [6.45, 7) is 6.28. The molecule has 1 aliphatic carbocycles. The largest absolute Gasteiger partial charge is 0.0854 e. The fourth-order valence-electron chi connectivity index (χ4n) is 1.24. The third-order valence-electron chi connectivity index (χ3n) is 1.95. The second-order valence-corrected chi connectivity index (χ2v) is 3.05. The summed E-state index contributed by atoms with van der Waals surface area (Å²) in [5, 5.41) is 0. The van der Waals surface area contributed by atoms with E-state index in [-0.39, 0.29) is 0 Å². The van der Waals surface area contributed by atoms with Crippen molar-refractivity contribution in [3.63, 3.8) is 0 Å². The average molecular weight is 123 g/mol. The molecule has 0 bridgehead atoms. The van der Waals surface area contributed by atoms with Crippen molar-refractivity contribution < 1.29 is 0 Å². The average Bonchev–Trinajstić information content (AvgIpc) is 1.97. The molecule has 1 rings (SSSR count). The van der Waals surface area contributed by atoms with Crippen molar-refractivity contribution in [2.75, 3.05) is 0 Å². The zero-order valence-corrected chi connectivity index (χ0v) is 6.14. The van der Waals surface area contributed by atoms with Crippen molar-refractivity contribution in [1.29, 1.82) is 0 Å². The predicted molar refractivity (Wildman–Crippen MR) is 41.0 cm³/mol. The van der Waals surface area contributed by atoms with Crippen LogP contribution in [0.4, 0.5) is 0 Å². The van der Waals surface area contributed by atoms with Gasteiger partial charge in [-0.15, -0.1) is 0 Å². The van der Waals surface area contributed by atoms with Gasteiger partial charge in [0.15, 0.2) is 0 Å². The summed E-state index contributed by atoms with van der Waals surface area (Å²) >= 11 is 0. The van der Waals surface area contributed by atoms with Crippen molar-refractivity contribution in [3.05, 3.63) is 19.1 Å². The van der Waals surface area contributed by atoms with E-state index in [1.807, 2.05) is 0 Å². The Morgan fingerprint density at radius 1 is 1.33 bits per heavy atom. The molecule has 1 radical (unpaired) electrons. The lowest BCUT2D eigenvalue weighted by molar-refractivity contribution is 0.577. The van der Waals surface area contributed by atoms with Crippen LogP contribution in [-0.4, -0.2) is 0 Å². The van der Waals surface area contributed by atoms with Crippen LogP contribution in [0.1, 0.15) is 26.2 Å². The Hall–Kier alpha value is -0.260. The quantitative estimate of drug-likeness (QED) is 0.434. The fourth-order valence-corrected chi connectivity index (χ4v) is 1.24. The van der Waals surface area contributed by atoms with Gasteiger partial charge in [-0.3, -0.25) is 0 Å². The van der Waals surface area contributed by atoms with Gasteiger partial charge in [-0.2, -0.15) is 0 Å². The van der Waals surface area contributed by atoms with Gasteiger partial charge in [0, 0.05) is 0 Å². The van der Waals surface area contributed by atoms with Crippen molar-refractivity contribution in [1.82, 2.24) is 0 Å². The van der Waals surface area contributed by atoms with Crippen LogP contribution in [0.5, 0.6) is 0 Å². The van der Waals surface area contributed by atoms with E-state index in [2.05, 4.69) is 26.0 Å². The van der Waals surface area contributed by atoms with E-state index in [1.54, 1.807) is 0 Å². The molecule has 0 saturated carbocycles. The molecule has 0 saturated heterocycles. The molecule has 0 aromatic heterocycles. The summed E-state index contributed by atoms with van der Waals surface area (Å²) in [5.74, 6) is 1.37. The predicted octanol–water partition coefficient (Wildman–Crippen LogP) is 2.81. The van der Waals surface area contributed by atoms with Gasteiger partial charge in [-0.25, -0.2) is 0 Å². The van der Waals surface area contributed by atoms with E-state index < -0.39 is 0 Å². The molecule has 0 nitrogen and oxygen atoms in total. The maximum absolute atomic E-state index is 4.01. The van der Waals surface area contributed by atoms with E-state index in [9.17, 15) is 0 Å². The van der Waals surface area contributed by atoms with Crippen molar-refractivity contribution in [3.8, 4) is 0 Å². The minimum Gasteiger partial charge on any atom is -0.0854 e. The zero-order chi connectivity index (χ0) is 6.69. The van der Waals surface area contributed by atoms with Gasteiger partial charge >= 0.3 is 0 Å². The van der Waals surface area contributed by atoms with Crippen molar-refractivity contribution in [2.45, 2.75) is 26.2 Å². The molecule has 1 aliphatic rings. The summed E-state index contributed by atoms with van der Waals surface area (Å²) in [5.41, 5.74) is 0. The molecular weight excluding hydrogens is 108 g/mol. The molecule has 0 aliphatic heterocycles. The first kappa shape index (κ1) is 6.85. The number of hydrogen-bond donors (Lipinski definition) is 0. The van der Waals surface area contributed by atoms with Crippen molar-refractivity contribution >= 4 is 0 Å². The van der Waals surface area contributed by atoms with Gasteiger partial charge in [-0.1, -0.05) is 25.5 Å². The van der Waals surface area contributed by atoms with E-state index in [4.69, 9.17) is 0 Å². The van der Waals surface area contributed by atoms with Crippen LogP contribution in [0.3, 0.4) is 0 Å². The first-order valence-corrected chi connectivity index (χ1v) is 3.80. The summed E-state index contributed by atoms with van der Waals surface area (Å²) in [7, 11) is 0. The Balaban J connectivity index is 2.43. The molecular formula is C9H15. The molecule has 2 unspecified atom stereocenters. The third kappa shape index (κ3) is 2.21. The van der Waals surface area contributed by atoms with Crippen LogP contribution in [0.15, 0.2) is 12.2 Å². The Kier molecular flexibility index (Phi) is 2.32. The second-order valence-electron chi connectivity index (χ2n) is 3.05. The molecule has 0 amide bonds. The highest BCUT2D eigenvalue weighted by molar-refractivity contribution is 4.95. The molecule has 2 atom stereocenters. The fraction of sp³-hybridized carbons (Fsp3) is 0.667. The van der Waals surface area contributed by atoms with E-state index in [0.717, 1.165) is 5.92 Å². The molecule has 0 spiro atoms. The van der Waals surface area contributed by atoms with Crippen LogP contribution in [0.2, 0.25) is 0 Å². The lowest BCUT2D eigenvalue weighted by Gasteiger charge is -2.00. The molecule has 0 fully saturated rings. The Morgan fingerprint density at radius 2 is 2.11 bits per heavy atom. The Morgan fingerprint density at radius 3 is 2.89 bits per heavy atom. The monoisotopic (exact) mass is 123 g/mol.